The van der Waals surface area contributed by atoms with E-state index in [2.05, 4.69) is 10.4 Å². The van der Waals surface area contributed by atoms with Crippen molar-refractivity contribution in [1.29, 1.82) is 0 Å². The zero-order chi connectivity index (χ0) is 13.1. The number of nitrogens with one attached hydrogen (secondary N) is 1. The van der Waals surface area contributed by atoms with Gasteiger partial charge in [0.25, 0.3) is 0 Å². The molecule has 1 amide bonds. The average Bonchev–Trinajstić information content (AvgIpc) is 2.93. The minimum Gasteiger partial charge on any atom is -0.341 e. The van der Waals surface area contributed by atoms with Gasteiger partial charge in [0.15, 0.2) is 0 Å². The molecular weight excluding hydrogens is 240 g/mol. The normalized spacial score (nSPS) is 22.6. The molecule has 3 rings (SSSR count). The summed E-state index contributed by atoms with van der Waals surface area (Å²) >= 11 is 0. The quantitative estimate of drug-likeness (QED) is 0.860. The SMILES string of the molecule is O=C(Cn1cccn1)N1CCC2(CCNCC2)CC1. The number of carbonyl (C=O) groups excluding carboxylic acids is 1. The van der Waals surface area contributed by atoms with Gasteiger partial charge in [-0.3, -0.25) is 9.48 Å². The molecular formula is C14H22N4O. The third kappa shape index (κ3) is 2.81. The lowest BCUT2D eigenvalue weighted by molar-refractivity contribution is -0.134. The molecule has 2 aliphatic heterocycles. The highest BCUT2D eigenvalue weighted by Gasteiger charge is 2.36. The molecule has 0 aliphatic carbocycles. The summed E-state index contributed by atoms with van der Waals surface area (Å²) in [5, 5.41) is 7.52. The van der Waals surface area contributed by atoms with Crippen LogP contribution in [0, 0.1) is 5.41 Å². The fourth-order valence-electron chi connectivity index (χ4n) is 3.32. The Morgan fingerprint density at radius 2 is 1.95 bits per heavy atom. The van der Waals surface area contributed by atoms with Crippen LogP contribution in [-0.2, 0) is 11.3 Å². The van der Waals surface area contributed by atoms with E-state index in [0.29, 0.717) is 12.0 Å². The van der Waals surface area contributed by atoms with E-state index in [0.717, 1.165) is 26.2 Å². The number of hydrogen-bond donors (Lipinski definition) is 1. The molecule has 5 nitrogen and oxygen atoms in total. The van der Waals surface area contributed by atoms with E-state index in [9.17, 15) is 4.79 Å². The maximum absolute atomic E-state index is 12.2. The van der Waals surface area contributed by atoms with Crippen LogP contribution >= 0.6 is 0 Å². The Morgan fingerprint density at radius 1 is 1.21 bits per heavy atom. The van der Waals surface area contributed by atoms with Crippen LogP contribution in [0.4, 0.5) is 0 Å². The van der Waals surface area contributed by atoms with Gasteiger partial charge in [-0.15, -0.1) is 0 Å². The van der Waals surface area contributed by atoms with E-state index in [-0.39, 0.29) is 5.91 Å². The molecule has 104 valence electrons. The molecule has 0 unspecified atom stereocenters. The van der Waals surface area contributed by atoms with Crippen LogP contribution in [0.5, 0.6) is 0 Å². The fourth-order valence-corrected chi connectivity index (χ4v) is 3.32. The summed E-state index contributed by atoms with van der Waals surface area (Å²) in [4.78, 5) is 14.2. The highest BCUT2D eigenvalue weighted by Crippen LogP contribution is 2.39. The fraction of sp³-hybridized carbons (Fsp3) is 0.714. The maximum Gasteiger partial charge on any atom is 0.244 e. The van der Waals surface area contributed by atoms with Crippen molar-refractivity contribution in [2.75, 3.05) is 26.2 Å². The van der Waals surface area contributed by atoms with Gasteiger partial charge >= 0.3 is 0 Å². The first-order chi connectivity index (χ1) is 9.27. The van der Waals surface area contributed by atoms with Gasteiger partial charge in [-0.05, 0) is 50.3 Å². The Bertz CT molecular complexity index is 413. The Balaban J connectivity index is 1.53. The lowest BCUT2D eigenvalue weighted by Crippen LogP contribution is -2.47. The van der Waals surface area contributed by atoms with Gasteiger partial charge < -0.3 is 10.2 Å². The number of nitrogens with zero attached hydrogens (tertiary/aromatic N) is 3. The van der Waals surface area contributed by atoms with Crippen molar-refractivity contribution in [3.63, 3.8) is 0 Å². The van der Waals surface area contributed by atoms with Gasteiger partial charge in [0.05, 0.1) is 0 Å². The second-order valence-corrected chi connectivity index (χ2v) is 5.83. The summed E-state index contributed by atoms with van der Waals surface area (Å²) in [6.07, 6.45) is 8.44. The van der Waals surface area contributed by atoms with Gasteiger partial charge in [-0.1, -0.05) is 0 Å². The van der Waals surface area contributed by atoms with Crippen LogP contribution in [0.3, 0.4) is 0 Å². The molecule has 1 spiro atoms. The number of hydrogen-bond acceptors (Lipinski definition) is 3. The molecule has 2 aliphatic rings. The molecule has 2 fully saturated rings. The Kier molecular flexibility index (Phi) is 3.55. The van der Waals surface area contributed by atoms with E-state index >= 15 is 0 Å². The van der Waals surface area contributed by atoms with E-state index in [1.165, 1.54) is 25.7 Å². The molecule has 19 heavy (non-hydrogen) atoms. The molecule has 1 aromatic heterocycles. The summed E-state index contributed by atoms with van der Waals surface area (Å²) in [5.41, 5.74) is 0.508. The molecule has 1 aromatic rings. The van der Waals surface area contributed by atoms with Crippen LogP contribution in [0.1, 0.15) is 25.7 Å². The van der Waals surface area contributed by atoms with E-state index in [1.807, 2.05) is 17.2 Å². The van der Waals surface area contributed by atoms with E-state index in [1.54, 1.807) is 10.9 Å². The molecule has 2 saturated heterocycles. The van der Waals surface area contributed by atoms with Gasteiger partial charge in [-0.25, -0.2) is 0 Å². The van der Waals surface area contributed by atoms with Gasteiger partial charge in [0, 0.05) is 25.5 Å². The summed E-state index contributed by atoms with van der Waals surface area (Å²) < 4.78 is 1.71. The second-order valence-electron chi connectivity index (χ2n) is 5.83. The van der Waals surface area contributed by atoms with Crippen LogP contribution in [-0.4, -0.2) is 46.8 Å². The lowest BCUT2D eigenvalue weighted by atomic mass is 9.71. The van der Waals surface area contributed by atoms with Gasteiger partial charge in [0.2, 0.25) is 5.91 Å². The maximum atomic E-state index is 12.2. The number of piperidine rings is 2. The summed E-state index contributed by atoms with van der Waals surface area (Å²) in [7, 11) is 0. The minimum atomic E-state index is 0.201. The molecule has 0 radical (unpaired) electrons. The van der Waals surface area contributed by atoms with E-state index in [4.69, 9.17) is 0 Å². The third-order valence-corrected chi connectivity index (χ3v) is 4.70. The van der Waals surface area contributed by atoms with Crippen LogP contribution < -0.4 is 5.32 Å². The van der Waals surface area contributed by atoms with Gasteiger partial charge in [-0.2, -0.15) is 5.10 Å². The third-order valence-electron chi connectivity index (χ3n) is 4.70. The van der Waals surface area contributed by atoms with Crippen LogP contribution in [0.2, 0.25) is 0 Å². The first-order valence-corrected chi connectivity index (χ1v) is 7.23. The Hall–Kier alpha value is -1.36. The van der Waals surface area contributed by atoms with Crippen molar-refractivity contribution in [1.82, 2.24) is 20.0 Å². The van der Waals surface area contributed by atoms with Gasteiger partial charge in [0.1, 0.15) is 6.54 Å². The Morgan fingerprint density at radius 3 is 2.58 bits per heavy atom. The topological polar surface area (TPSA) is 50.2 Å². The van der Waals surface area contributed by atoms with Crippen molar-refractivity contribution in [3.8, 4) is 0 Å². The number of aromatic nitrogens is 2. The van der Waals surface area contributed by atoms with Crippen molar-refractivity contribution in [2.45, 2.75) is 32.2 Å². The highest BCUT2D eigenvalue weighted by molar-refractivity contribution is 5.76. The van der Waals surface area contributed by atoms with E-state index < -0.39 is 0 Å². The zero-order valence-corrected chi connectivity index (χ0v) is 11.3. The first kappa shape index (κ1) is 12.7. The number of rotatable bonds is 2. The summed E-state index contributed by atoms with van der Waals surface area (Å²) in [6.45, 7) is 4.49. The van der Waals surface area contributed by atoms with Crippen molar-refractivity contribution >= 4 is 5.91 Å². The Labute approximate surface area is 114 Å². The predicted octanol–water partition coefficient (Wildman–Crippen LogP) is 0.875. The summed E-state index contributed by atoms with van der Waals surface area (Å²) in [6, 6.07) is 1.85. The van der Waals surface area contributed by atoms with Crippen LogP contribution in [0.15, 0.2) is 18.5 Å². The largest absolute Gasteiger partial charge is 0.341 e. The molecule has 0 saturated carbocycles. The molecule has 0 aromatic carbocycles. The minimum absolute atomic E-state index is 0.201. The number of likely N-dealkylation sites (tertiary alicyclic amines) is 1. The molecule has 0 bridgehead atoms. The predicted molar refractivity (Wildman–Crippen MR) is 72.6 cm³/mol. The lowest BCUT2D eigenvalue weighted by Gasteiger charge is -2.44. The van der Waals surface area contributed by atoms with Crippen molar-refractivity contribution < 1.29 is 4.79 Å². The standard InChI is InChI=1S/C14H22N4O/c19-13(12-18-9-1-6-16-18)17-10-4-14(5-11-17)2-7-15-8-3-14/h1,6,9,15H,2-5,7-8,10-12H2. The molecule has 1 N–H and O–H groups in total. The molecule has 3 heterocycles. The molecule has 5 heteroatoms. The second kappa shape index (κ2) is 5.33. The highest BCUT2D eigenvalue weighted by atomic mass is 16.2. The van der Waals surface area contributed by atoms with Crippen molar-refractivity contribution in [2.24, 2.45) is 5.41 Å². The number of carbonyl (C=O) groups is 1. The summed E-state index contributed by atoms with van der Waals surface area (Å²) in [5.74, 6) is 0.201. The van der Waals surface area contributed by atoms with Crippen molar-refractivity contribution in [3.05, 3.63) is 18.5 Å². The first-order valence-electron chi connectivity index (χ1n) is 7.23. The zero-order valence-electron chi connectivity index (χ0n) is 11.3. The van der Waals surface area contributed by atoms with Crippen LogP contribution in [0.25, 0.3) is 0 Å². The number of amides is 1. The monoisotopic (exact) mass is 262 g/mol. The smallest absolute Gasteiger partial charge is 0.244 e. The molecule has 0 atom stereocenters. The average molecular weight is 262 g/mol.